The summed E-state index contributed by atoms with van der Waals surface area (Å²) >= 11 is 0. The topological polar surface area (TPSA) is 61.8 Å². The summed E-state index contributed by atoms with van der Waals surface area (Å²) in [6, 6.07) is 10.0. The van der Waals surface area contributed by atoms with E-state index in [1.54, 1.807) is 12.1 Å². The van der Waals surface area contributed by atoms with Crippen LogP contribution in [0.2, 0.25) is 0 Å². The van der Waals surface area contributed by atoms with Crippen molar-refractivity contribution in [2.45, 2.75) is 0 Å². The van der Waals surface area contributed by atoms with Crippen molar-refractivity contribution in [3.63, 3.8) is 0 Å². The van der Waals surface area contributed by atoms with Gasteiger partial charge in [0.05, 0.1) is 16.9 Å². The van der Waals surface area contributed by atoms with E-state index in [2.05, 4.69) is 5.32 Å². The van der Waals surface area contributed by atoms with Crippen LogP contribution in [-0.4, -0.2) is 0 Å². The molecule has 0 fully saturated rings. The molecule has 2 aromatic rings. The van der Waals surface area contributed by atoms with Crippen LogP contribution in [-0.2, 0) is 0 Å². The number of benzene rings is 2. The Labute approximate surface area is 102 Å². The van der Waals surface area contributed by atoms with Crippen LogP contribution in [0.5, 0.6) is 0 Å². The van der Waals surface area contributed by atoms with E-state index >= 15 is 0 Å². The molecular weight excluding hydrogens is 236 g/mol. The minimum Gasteiger partial charge on any atom is -0.395 e. The van der Waals surface area contributed by atoms with Crippen LogP contribution in [0.25, 0.3) is 0 Å². The fraction of sp³-hybridized carbons (Fsp3) is 0. The number of anilines is 3. The largest absolute Gasteiger partial charge is 0.395 e. The fourth-order valence-corrected chi connectivity index (χ4v) is 1.49. The monoisotopic (exact) mass is 245 g/mol. The van der Waals surface area contributed by atoms with E-state index in [1.807, 2.05) is 0 Å². The van der Waals surface area contributed by atoms with Gasteiger partial charge in [0.1, 0.15) is 17.7 Å². The van der Waals surface area contributed by atoms with E-state index in [0.29, 0.717) is 11.4 Å². The summed E-state index contributed by atoms with van der Waals surface area (Å²) in [4.78, 5) is 0. The number of rotatable bonds is 2. The Balaban J connectivity index is 2.35. The number of para-hydroxylation sites is 1. The molecule has 3 N–H and O–H groups in total. The molecule has 2 aromatic carbocycles. The molecule has 90 valence electrons. The molecule has 0 unspecified atom stereocenters. The lowest BCUT2D eigenvalue weighted by atomic mass is 10.2. The molecule has 0 spiro atoms. The number of nitrogens with zero attached hydrogens (tertiary/aromatic N) is 1. The number of halogens is 2. The van der Waals surface area contributed by atoms with E-state index in [0.717, 1.165) is 6.07 Å². The van der Waals surface area contributed by atoms with Gasteiger partial charge in [-0.3, -0.25) is 0 Å². The summed E-state index contributed by atoms with van der Waals surface area (Å²) in [5, 5.41) is 11.5. The van der Waals surface area contributed by atoms with Gasteiger partial charge < -0.3 is 11.1 Å². The van der Waals surface area contributed by atoms with Gasteiger partial charge in [0.2, 0.25) is 0 Å². The number of nitrogen functional groups attached to an aromatic ring is 1. The lowest BCUT2D eigenvalue weighted by Gasteiger charge is -2.10. The molecule has 3 nitrogen and oxygen atoms in total. The Bertz CT molecular complexity index is 633. The highest BCUT2D eigenvalue weighted by atomic mass is 19.1. The molecule has 0 saturated heterocycles. The predicted molar refractivity (Wildman–Crippen MR) is 65.2 cm³/mol. The van der Waals surface area contributed by atoms with Gasteiger partial charge in [-0.05, 0) is 30.3 Å². The van der Waals surface area contributed by atoms with E-state index in [-0.39, 0.29) is 11.3 Å². The zero-order valence-electron chi connectivity index (χ0n) is 9.24. The van der Waals surface area contributed by atoms with E-state index in [1.165, 1.54) is 24.3 Å². The summed E-state index contributed by atoms with van der Waals surface area (Å²) in [6.07, 6.45) is 0. The first-order valence-electron chi connectivity index (χ1n) is 5.12. The highest BCUT2D eigenvalue weighted by Crippen LogP contribution is 2.26. The maximum atomic E-state index is 13.2. The fourth-order valence-electron chi connectivity index (χ4n) is 1.49. The van der Waals surface area contributed by atoms with Crippen molar-refractivity contribution in [1.29, 1.82) is 5.26 Å². The number of nitriles is 1. The van der Waals surface area contributed by atoms with E-state index in [9.17, 15) is 8.78 Å². The zero-order chi connectivity index (χ0) is 13.1. The smallest absolute Gasteiger partial charge is 0.148 e. The molecular formula is C13H9F2N3. The predicted octanol–water partition coefficient (Wildman–Crippen LogP) is 3.16. The Hall–Kier alpha value is -2.61. The SMILES string of the molecule is N#Cc1cc(Nc2cccc(F)c2N)ccc1F. The third-order valence-corrected chi connectivity index (χ3v) is 2.42. The normalized spacial score (nSPS) is 9.83. The summed E-state index contributed by atoms with van der Waals surface area (Å²) in [7, 11) is 0. The average Bonchev–Trinajstić information content (AvgIpc) is 2.37. The number of nitrogens with two attached hydrogens (primary N) is 1. The third kappa shape index (κ3) is 2.23. The molecule has 2 rings (SSSR count). The second-order valence-corrected chi connectivity index (χ2v) is 3.63. The van der Waals surface area contributed by atoms with Gasteiger partial charge in [0.25, 0.3) is 0 Å². The van der Waals surface area contributed by atoms with Gasteiger partial charge in [-0.15, -0.1) is 0 Å². The van der Waals surface area contributed by atoms with Crippen molar-refractivity contribution in [3.8, 4) is 6.07 Å². The molecule has 18 heavy (non-hydrogen) atoms. The lowest BCUT2D eigenvalue weighted by molar-refractivity contribution is 0.624. The van der Waals surface area contributed by atoms with Crippen molar-refractivity contribution < 1.29 is 8.78 Å². The molecule has 0 radical (unpaired) electrons. The first kappa shape index (κ1) is 11.9. The minimum atomic E-state index is -0.602. The maximum Gasteiger partial charge on any atom is 0.148 e. The van der Waals surface area contributed by atoms with Crippen LogP contribution in [0.15, 0.2) is 36.4 Å². The van der Waals surface area contributed by atoms with Gasteiger partial charge in [0, 0.05) is 5.69 Å². The molecule has 0 aromatic heterocycles. The van der Waals surface area contributed by atoms with Gasteiger partial charge in [-0.2, -0.15) is 5.26 Å². The lowest BCUT2D eigenvalue weighted by Crippen LogP contribution is -1.99. The highest BCUT2D eigenvalue weighted by Gasteiger charge is 2.06. The Morgan fingerprint density at radius 2 is 1.89 bits per heavy atom. The van der Waals surface area contributed by atoms with Crippen LogP contribution in [0.1, 0.15) is 5.56 Å². The van der Waals surface area contributed by atoms with Crippen molar-refractivity contribution >= 4 is 17.1 Å². The van der Waals surface area contributed by atoms with Gasteiger partial charge in [-0.25, -0.2) is 8.78 Å². The summed E-state index contributed by atoms with van der Waals surface area (Å²) in [5.41, 5.74) is 6.27. The van der Waals surface area contributed by atoms with Crippen molar-refractivity contribution in [2.24, 2.45) is 0 Å². The van der Waals surface area contributed by atoms with Crippen LogP contribution in [0.3, 0.4) is 0 Å². The molecule has 0 amide bonds. The maximum absolute atomic E-state index is 13.2. The van der Waals surface area contributed by atoms with Crippen LogP contribution < -0.4 is 11.1 Å². The van der Waals surface area contributed by atoms with Crippen LogP contribution in [0, 0.1) is 23.0 Å². The molecule has 0 saturated carbocycles. The van der Waals surface area contributed by atoms with E-state index in [4.69, 9.17) is 11.0 Å². The van der Waals surface area contributed by atoms with Gasteiger partial charge >= 0.3 is 0 Å². The van der Waals surface area contributed by atoms with Crippen molar-refractivity contribution in [3.05, 3.63) is 53.6 Å². The standard InChI is InChI=1S/C13H9F2N3/c14-10-5-4-9(6-8(10)7-16)18-12-3-1-2-11(15)13(12)17/h1-6,18H,17H2. The molecule has 0 heterocycles. The number of nitrogens with one attached hydrogen (secondary N) is 1. The summed E-state index contributed by atoms with van der Waals surface area (Å²) < 4.78 is 26.3. The molecule has 0 aliphatic carbocycles. The van der Waals surface area contributed by atoms with Crippen LogP contribution in [0.4, 0.5) is 25.8 Å². The molecule has 0 aliphatic heterocycles. The molecule has 0 atom stereocenters. The summed E-state index contributed by atoms with van der Waals surface area (Å²) in [6.45, 7) is 0. The third-order valence-electron chi connectivity index (χ3n) is 2.42. The van der Waals surface area contributed by atoms with Gasteiger partial charge in [0.15, 0.2) is 0 Å². The molecule has 0 aliphatic rings. The van der Waals surface area contributed by atoms with Gasteiger partial charge in [-0.1, -0.05) is 6.07 Å². The second-order valence-electron chi connectivity index (χ2n) is 3.63. The average molecular weight is 245 g/mol. The Morgan fingerprint density at radius 3 is 2.61 bits per heavy atom. The van der Waals surface area contributed by atoms with Crippen molar-refractivity contribution in [2.75, 3.05) is 11.1 Å². The first-order chi connectivity index (χ1) is 8.61. The second kappa shape index (κ2) is 4.72. The summed E-state index contributed by atoms with van der Waals surface area (Å²) in [5.74, 6) is -1.14. The molecule has 0 bridgehead atoms. The Kier molecular flexibility index (Phi) is 3.11. The number of hydrogen-bond acceptors (Lipinski definition) is 3. The highest BCUT2D eigenvalue weighted by molar-refractivity contribution is 5.73. The first-order valence-corrected chi connectivity index (χ1v) is 5.12. The van der Waals surface area contributed by atoms with E-state index < -0.39 is 11.6 Å². The van der Waals surface area contributed by atoms with Crippen LogP contribution >= 0.6 is 0 Å². The quantitative estimate of drug-likeness (QED) is 0.799. The zero-order valence-corrected chi connectivity index (χ0v) is 9.24. The minimum absolute atomic E-state index is 0.0275. The number of hydrogen-bond donors (Lipinski definition) is 2. The Morgan fingerprint density at radius 1 is 1.11 bits per heavy atom. The molecule has 5 heteroatoms. The van der Waals surface area contributed by atoms with Crippen molar-refractivity contribution in [1.82, 2.24) is 0 Å².